The zero-order valence-electron chi connectivity index (χ0n) is 17.6. The van der Waals surface area contributed by atoms with Gasteiger partial charge < -0.3 is 9.84 Å². The molecule has 6 nitrogen and oxygen atoms in total. The van der Waals surface area contributed by atoms with E-state index in [2.05, 4.69) is 4.90 Å². The minimum Gasteiger partial charge on any atom is -0.491 e. The van der Waals surface area contributed by atoms with Crippen molar-refractivity contribution in [3.05, 3.63) is 72.3 Å². The number of hydrogen-bond donors (Lipinski definition) is 1. The molecular formula is C24H28N2O4S. The van der Waals surface area contributed by atoms with Crippen LogP contribution in [0.5, 0.6) is 5.75 Å². The Balaban J connectivity index is 1.26. The molecule has 7 heteroatoms. The highest BCUT2D eigenvalue weighted by molar-refractivity contribution is 7.89. The zero-order valence-corrected chi connectivity index (χ0v) is 18.5. The van der Waals surface area contributed by atoms with Gasteiger partial charge >= 0.3 is 0 Å². The molecule has 0 radical (unpaired) electrons. The second kappa shape index (κ2) is 9.36. The van der Waals surface area contributed by atoms with Crippen LogP contribution >= 0.6 is 0 Å². The minimum absolute atomic E-state index is 0.195. The standard InChI is InChI=1S/C24H28N2O4S/c1-19-6-10-24(11-7-19)31(28,29)26-14-12-25(13-15-26)17-22(27)18-30-23-9-8-20-4-2-3-5-21(20)16-23/h2-11,16,22,27H,12-15,17-18H2,1H3. The van der Waals surface area contributed by atoms with Crippen LogP contribution in [0.2, 0.25) is 0 Å². The van der Waals surface area contributed by atoms with Gasteiger partial charge in [0, 0.05) is 32.7 Å². The van der Waals surface area contributed by atoms with Crippen molar-refractivity contribution in [2.75, 3.05) is 39.3 Å². The number of ether oxygens (including phenoxy) is 1. The molecule has 1 unspecified atom stereocenters. The number of aryl methyl sites for hydroxylation is 1. The van der Waals surface area contributed by atoms with E-state index in [-0.39, 0.29) is 6.61 Å². The second-order valence-electron chi connectivity index (χ2n) is 7.99. The van der Waals surface area contributed by atoms with E-state index >= 15 is 0 Å². The van der Waals surface area contributed by atoms with E-state index in [1.54, 1.807) is 12.1 Å². The van der Waals surface area contributed by atoms with Crippen molar-refractivity contribution >= 4 is 20.8 Å². The summed E-state index contributed by atoms with van der Waals surface area (Å²) < 4.78 is 32.9. The van der Waals surface area contributed by atoms with E-state index in [0.717, 1.165) is 22.1 Å². The lowest BCUT2D eigenvalue weighted by Crippen LogP contribution is -2.50. The van der Waals surface area contributed by atoms with E-state index in [0.29, 0.717) is 37.6 Å². The van der Waals surface area contributed by atoms with E-state index in [4.69, 9.17) is 4.74 Å². The molecule has 3 aromatic rings. The molecule has 0 aromatic heterocycles. The summed E-state index contributed by atoms with van der Waals surface area (Å²) in [6.45, 7) is 4.57. The maximum absolute atomic E-state index is 12.8. The van der Waals surface area contributed by atoms with Crippen LogP contribution < -0.4 is 4.74 Å². The Bertz CT molecular complexity index is 1120. The van der Waals surface area contributed by atoms with Crippen LogP contribution in [0, 0.1) is 6.92 Å². The Morgan fingerprint density at radius 1 is 0.935 bits per heavy atom. The van der Waals surface area contributed by atoms with E-state index in [9.17, 15) is 13.5 Å². The van der Waals surface area contributed by atoms with Crippen molar-refractivity contribution in [2.45, 2.75) is 17.9 Å². The van der Waals surface area contributed by atoms with Gasteiger partial charge in [-0.05, 0) is 42.0 Å². The molecule has 4 rings (SSSR count). The number of hydrogen-bond acceptors (Lipinski definition) is 5. The quantitative estimate of drug-likeness (QED) is 0.612. The van der Waals surface area contributed by atoms with Gasteiger partial charge in [0.2, 0.25) is 10.0 Å². The number of aliphatic hydroxyl groups is 1. The van der Waals surface area contributed by atoms with Gasteiger partial charge in [0.05, 0.1) is 4.90 Å². The lowest BCUT2D eigenvalue weighted by Gasteiger charge is -2.34. The number of β-amino-alcohol motifs (C(OH)–C–C–N with tert-alkyl or cyclic N) is 1. The first-order valence-electron chi connectivity index (χ1n) is 10.5. The van der Waals surface area contributed by atoms with Gasteiger partial charge in [-0.2, -0.15) is 4.31 Å². The zero-order chi connectivity index (χ0) is 21.8. The minimum atomic E-state index is -3.48. The largest absolute Gasteiger partial charge is 0.491 e. The summed E-state index contributed by atoms with van der Waals surface area (Å²) in [6.07, 6.45) is -0.647. The maximum atomic E-state index is 12.8. The van der Waals surface area contributed by atoms with E-state index in [1.807, 2.05) is 61.5 Å². The monoisotopic (exact) mass is 440 g/mol. The molecule has 0 saturated carbocycles. The third-order valence-corrected chi connectivity index (χ3v) is 7.54. The molecule has 1 N–H and O–H groups in total. The first kappa shape index (κ1) is 21.8. The normalized spacial score (nSPS) is 17.0. The highest BCUT2D eigenvalue weighted by atomic mass is 32.2. The molecule has 0 aliphatic carbocycles. The number of benzene rings is 3. The molecule has 1 aliphatic rings. The molecular weight excluding hydrogens is 412 g/mol. The Kier molecular flexibility index (Phi) is 6.57. The van der Waals surface area contributed by atoms with Crippen LogP contribution in [0.15, 0.2) is 71.6 Å². The molecule has 0 bridgehead atoms. The van der Waals surface area contributed by atoms with Crippen molar-refractivity contribution in [1.82, 2.24) is 9.21 Å². The summed E-state index contributed by atoms with van der Waals surface area (Å²) in [4.78, 5) is 2.41. The number of sulfonamides is 1. The van der Waals surface area contributed by atoms with Gasteiger partial charge in [-0.15, -0.1) is 0 Å². The van der Waals surface area contributed by atoms with Gasteiger partial charge in [0.1, 0.15) is 18.5 Å². The summed E-state index contributed by atoms with van der Waals surface area (Å²) in [6, 6.07) is 20.9. The molecule has 0 amide bonds. The number of rotatable bonds is 7. The van der Waals surface area contributed by atoms with Crippen molar-refractivity contribution in [3.8, 4) is 5.75 Å². The third kappa shape index (κ3) is 5.25. The highest BCUT2D eigenvalue weighted by Gasteiger charge is 2.29. The summed E-state index contributed by atoms with van der Waals surface area (Å²) in [5.74, 6) is 0.728. The third-order valence-electron chi connectivity index (χ3n) is 5.62. The van der Waals surface area contributed by atoms with Gasteiger partial charge in [-0.25, -0.2) is 8.42 Å². The Labute approximate surface area is 183 Å². The fourth-order valence-electron chi connectivity index (χ4n) is 3.81. The number of fused-ring (bicyclic) bond motifs is 1. The molecule has 1 fully saturated rings. The molecule has 31 heavy (non-hydrogen) atoms. The predicted octanol–water partition coefficient (Wildman–Crippen LogP) is 2.89. The summed E-state index contributed by atoms with van der Waals surface area (Å²) in [5, 5.41) is 12.7. The van der Waals surface area contributed by atoms with Gasteiger partial charge in [-0.1, -0.05) is 48.0 Å². The molecule has 0 spiro atoms. The number of aliphatic hydroxyl groups excluding tert-OH is 1. The average molecular weight is 441 g/mol. The smallest absolute Gasteiger partial charge is 0.243 e. The topological polar surface area (TPSA) is 70.1 Å². The first-order chi connectivity index (χ1) is 14.9. The van der Waals surface area contributed by atoms with Gasteiger partial charge in [0.25, 0.3) is 0 Å². The molecule has 3 aromatic carbocycles. The Morgan fingerprint density at radius 3 is 2.32 bits per heavy atom. The SMILES string of the molecule is Cc1ccc(S(=O)(=O)N2CCN(CC(O)COc3ccc4ccccc4c3)CC2)cc1. The molecule has 1 heterocycles. The van der Waals surface area contributed by atoms with E-state index in [1.165, 1.54) is 4.31 Å². The summed E-state index contributed by atoms with van der Waals surface area (Å²) in [7, 11) is -3.48. The second-order valence-corrected chi connectivity index (χ2v) is 9.93. The van der Waals surface area contributed by atoms with Crippen LogP contribution in [-0.2, 0) is 10.0 Å². The van der Waals surface area contributed by atoms with Crippen LogP contribution in [0.25, 0.3) is 10.8 Å². The summed E-state index contributed by atoms with van der Waals surface area (Å²) in [5.41, 5.74) is 1.03. The lowest BCUT2D eigenvalue weighted by molar-refractivity contribution is 0.0569. The van der Waals surface area contributed by atoms with Crippen LogP contribution in [0.1, 0.15) is 5.56 Å². The average Bonchev–Trinajstić information content (AvgIpc) is 2.78. The molecule has 1 saturated heterocycles. The fraction of sp³-hybridized carbons (Fsp3) is 0.333. The van der Waals surface area contributed by atoms with E-state index < -0.39 is 16.1 Å². The first-order valence-corrected chi connectivity index (χ1v) is 11.9. The highest BCUT2D eigenvalue weighted by Crippen LogP contribution is 2.21. The molecule has 1 aliphatic heterocycles. The molecule has 164 valence electrons. The van der Waals surface area contributed by atoms with Crippen molar-refractivity contribution in [3.63, 3.8) is 0 Å². The van der Waals surface area contributed by atoms with Crippen LogP contribution in [0.3, 0.4) is 0 Å². The summed E-state index contributed by atoms with van der Waals surface area (Å²) >= 11 is 0. The maximum Gasteiger partial charge on any atom is 0.243 e. The van der Waals surface area contributed by atoms with Gasteiger partial charge in [-0.3, -0.25) is 4.90 Å². The number of piperazine rings is 1. The number of nitrogens with zero attached hydrogens (tertiary/aromatic N) is 2. The van der Waals surface area contributed by atoms with Crippen LogP contribution in [0.4, 0.5) is 0 Å². The predicted molar refractivity (Wildman–Crippen MR) is 122 cm³/mol. The van der Waals surface area contributed by atoms with Crippen molar-refractivity contribution in [1.29, 1.82) is 0 Å². The van der Waals surface area contributed by atoms with Gasteiger partial charge in [0.15, 0.2) is 0 Å². The molecule has 1 atom stereocenters. The van der Waals surface area contributed by atoms with Crippen molar-refractivity contribution in [2.24, 2.45) is 0 Å². The lowest BCUT2D eigenvalue weighted by atomic mass is 10.1. The van der Waals surface area contributed by atoms with Crippen molar-refractivity contribution < 1.29 is 18.3 Å². The fourth-order valence-corrected chi connectivity index (χ4v) is 5.23. The Hall–Kier alpha value is -2.45. The van der Waals surface area contributed by atoms with Crippen LogP contribution in [-0.4, -0.2) is 68.2 Å². The Morgan fingerprint density at radius 2 is 1.61 bits per heavy atom.